The molecule has 0 amide bonds. The topological polar surface area (TPSA) is 66.4 Å². The fraction of sp³-hybridized carbons (Fsp3) is 0.600. The first kappa shape index (κ1) is 17.1. The van der Waals surface area contributed by atoms with Gasteiger partial charge < -0.3 is 5.11 Å². The van der Waals surface area contributed by atoms with Gasteiger partial charge >= 0.3 is 0 Å². The Labute approximate surface area is 122 Å². The number of aliphatic hydroxyl groups is 1. The van der Waals surface area contributed by atoms with E-state index in [1.54, 1.807) is 24.3 Å². The summed E-state index contributed by atoms with van der Waals surface area (Å²) in [7, 11) is -3.54. The zero-order valence-electron chi connectivity index (χ0n) is 12.3. The van der Waals surface area contributed by atoms with Gasteiger partial charge in [0.1, 0.15) is 0 Å². The van der Waals surface area contributed by atoms with Crippen molar-refractivity contribution in [1.82, 2.24) is 4.72 Å². The SMILES string of the molecule is CCCCCCC(CO)NS(=O)(=O)c1ccc(C)cc1. The smallest absolute Gasteiger partial charge is 0.240 e. The van der Waals surface area contributed by atoms with Crippen molar-refractivity contribution in [2.45, 2.75) is 56.9 Å². The molecule has 114 valence electrons. The molecule has 0 spiro atoms. The number of unbranched alkanes of at least 4 members (excludes halogenated alkanes) is 3. The molecular weight excluding hydrogens is 274 g/mol. The van der Waals surface area contributed by atoms with Crippen LogP contribution in [0.1, 0.15) is 44.6 Å². The molecule has 20 heavy (non-hydrogen) atoms. The van der Waals surface area contributed by atoms with Gasteiger partial charge in [0, 0.05) is 6.04 Å². The molecule has 1 unspecified atom stereocenters. The average molecular weight is 299 g/mol. The van der Waals surface area contributed by atoms with Crippen molar-refractivity contribution < 1.29 is 13.5 Å². The highest BCUT2D eigenvalue weighted by Crippen LogP contribution is 2.12. The third-order valence-corrected chi connectivity index (χ3v) is 4.82. The van der Waals surface area contributed by atoms with Crippen LogP contribution in [-0.4, -0.2) is 26.2 Å². The summed E-state index contributed by atoms with van der Waals surface area (Å²) < 4.78 is 26.9. The van der Waals surface area contributed by atoms with Crippen molar-refractivity contribution in [3.8, 4) is 0 Å². The molecule has 1 aromatic carbocycles. The molecule has 0 aromatic heterocycles. The second-order valence-electron chi connectivity index (χ2n) is 5.16. The normalized spacial score (nSPS) is 13.3. The Morgan fingerprint density at radius 3 is 2.35 bits per heavy atom. The number of aliphatic hydroxyl groups excluding tert-OH is 1. The van der Waals surface area contributed by atoms with Crippen LogP contribution >= 0.6 is 0 Å². The van der Waals surface area contributed by atoms with Gasteiger partial charge in [0.15, 0.2) is 0 Å². The quantitative estimate of drug-likeness (QED) is 0.689. The van der Waals surface area contributed by atoms with E-state index < -0.39 is 16.1 Å². The van der Waals surface area contributed by atoms with Gasteiger partial charge in [-0.1, -0.05) is 50.3 Å². The van der Waals surface area contributed by atoms with Crippen LogP contribution in [-0.2, 0) is 10.0 Å². The number of hydrogen-bond acceptors (Lipinski definition) is 3. The van der Waals surface area contributed by atoms with E-state index in [-0.39, 0.29) is 11.5 Å². The van der Waals surface area contributed by atoms with Crippen LogP contribution in [0.25, 0.3) is 0 Å². The third kappa shape index (κ3) is 5.61. The van der Waals surface area contributed by atoms with Crippen LogP contribution < -0.4 is 4.72 Å². The molecule has 4 nitrogen and oxygen atoms in total. The van der Waals surface area contributed by atoms with E-state index in [9.17, 15) is 13.5 Å². The van der Waals surface area contributed by atoms with Gasteiger partial charge in [0.05, 0.1) is 11.5 Å². The van der Waals surface area contributed by atoms with E-state index in [1.165, 1.54) is 0 Å². The lowest BCUT2D eigenvalue weighted by Crippen LogP contribution is -2.37. The van der Waals surface area contributed by atoms with Gasteiger partial charge in [-0.3, -0.25) is 0 Å². The highest BCUT2D eigenvalue weighted by atomic mass is 32.2. The highest BCUT2D eigenvalue weighted by molar-refractivity contribution is 7.89. The Hall–Kier alpha value is -0.910. The molecule has 0 saturated heterocycles. The van der Waals surface area contributed by atoms with E-state index in [0.29, 0.717) is 6.42 Å². The van der Waals surface area contributed by atoms with Gasteiger partial charge in [-0.25, -0.2) is 13.1 Å². The molecule has 0 radical (unpaired) electrons. The zero-order valence-corrected chi connectivity index (χ0v) is 13.1. The molecule has 0 bridgehead atoms. The van der Waals surface area contributed by atoms with Gasteiger partial charge in [-0.15, -0.1) is 0 Å². The second kappa shape index (κ2) is 8.39. The molecule has 0 saturated carbocycles. The highest BCUT2D eigenvalue weighted by Gasteiger charge is 2.19. The largest absolute Gasteiger partial charge is 0.395 e. The van der Waals surface area contributed by atoms with Gasteiger partial charge in [0.25, 0.3) is 0 Å². The molecule has 1 atom stereocenters. The number of nitrogens with one attached hydrogen (secondary N) is 1. The lowest BCUT2D eigenvalue weighted by Gasteiger charge is -2.16. The summed E-state index contributed by atoms with van der Waals surface area (Å²) in [5, 5.41) is 9.31. The number of benzene rings is 1. The van der Waals surface area contributed by atoms with Crippen molar-refractivity contribution in [3.05, 3.63) is 29.8 Å². The van der Waals surface area contributed by atoms with Gasteiger partial charge in [-0.2, -0.15) is 0 Å². The maximum atomic E-state index is 12.2. The predicted molar refractivity (Wildman–Crippen MR) is 81.1 cm³/mol. The number of rotatable bonds is 9. The minimum atomic E-state index is -3.54. The van der Waals surface area contributed by atoms with Crippen molar-refractivity contribution >= 4 is 10.0 Å². The van der Waals surface area contributed by atoms with E-state index in [4.69, 9.17) is 0 Å². The summed E-state index contributed by atoms with van der Waals surface area (Å²) in [6.45, 7) is 3.87. The van der Waals surface area contributed by atoms with Crippen LogP contribution in [0.15, 0.2) is 29.2 Å². The van der Waals surface area contributed by atoms with E-state index in [2.05, 4.69) is 11.6 Å². The first-order valence-electron chi connectivity index (χ1n) is 7.19. The van der Waals surface area contributed by atoms with Crippen LogP contribution in [0.2, 0.25) is 0 Å². The van der Waals surface area contributed by atoms with Crippen molar-refractivity contribution in [1.29, 1.82) is 0 Å². The monoisotopic (exact) mass is 299 g/mol. The predicted octanol–water partition coefficient (Wildman–Crippen LogP) is 2.60. The Morgan fingerprint density at radius 1 is 1.15 bits per heavy atom. The second-order valence-corrected chi connectivity index (χ2v) is 6.88. The lowest BCUT2D eigenvalue weighted by molar-refractivity contribution is 0.247. The van der Waals surface area contributed by atoms with E-state index in [1.807, 2.05) is 6.92 Å². The minimum absolute atomic E-state index is 0.169. The Morgan fingerprint density at radius 2 is 1.80 bits per heavy atom. The molecule has 0 heterocycles. The van der Waals surface area contributed by atoms with Crippen LogP contribution in [0.5, 0.6) is 0 Å². The van der Waals surface area contributed by atoms with Crippen molar-refractivity contribution in [2.75, 3.05) is 6.61 Å². The molecule has 0 aliphatic carbocycles. The molecule has 0 fully saturated rings. The third-order valence-electron chi connectivity index (χ3n) is 3.28. The summed E-state index contributed by atoms with van der Waals surface area (Å²) in [5.74, 6) is 0. The molecule has 5 heteroatoms. The summed E-state index contributed by atoms with van der Waals surface area (Å²) in [5.41, 5.74) is 1.02. The molecule has 0 aliphatic rings. The van der Waals surface area contributed by atoms with Gasteiger partial charge in [-0.05, 0) is 25.5 Å². The molecule has 2 N–H and O–H groups in total. The first-order valence-corrected chi connectivity index (χ1v) is 8.67. The summed E-state index contributed by atoms with van der Waals surface area (Å²) in [4.78, 5) is 0.245. The Kier molecular flexibility index (Phi) is 7.19. The number of aryl methyl sites for hydroxylation is 1. The lowest BCUT2D eigenvalue weighted by atomic mass is 10.1. The van der Waals surface area contributed by atoms with Crippen molar-refractivity contribution in [2.24, 2.45) is 0 Å². The summed E-state index contributed by atoms with van der Waals surface area (Å²) >= 11 is 0. The minimum Gasteiger partial charge on any atom is -0.395 e. The van der Waals surface area contributed by atoms with Crippen LogP contribution in [0.3, 0.4) is 0 Å². The van der Waals surface area contributed by atoms with E-state index >= 15 is 0 Å². The molecule has 0 aliphatic heterocycles. The molecular formula is C15H25NO3S. The zero-order chi connectivity index (χ0) is 15.0. The Bertz CT molecular complexity index is 482. The van der Waals surface area contributed by atoms with Crippen molar-refractivity contribution in [3.63, 3.8) is 0 Å². The summed E-state index contributed by atoms with van der Waals surface area (Å²) in [6.07, 6.45) is 4.94. The number of hydrogen-bond donors (Lipinski definition) is 2. The first-order chi connectivity index (χ1) is 9.49. The van der Waals surface area contributed by atoms with Crippen LogP contribution in [0, 0.1) is 6.92 Å². The molecule has 1 aromatic rings. The maximum absolute atomic E-state index is 12.2. The maximum Gasteiger partial charge on any atom is 0.240 e. The molecule has 1 rings (SSSR count). The van der Waals surface area contributed by atoms with E-state index in [0.717, 1.165) is 31.2 Å². The fourth-order valence-corrected chi connectivity index (χ4v) is 3.27. The number of sulfonamides is 1. The average Bonchev–Trinajstić information content (AvgIpc) is 2.42. The summed E-state index contributed by atoms with van der Waals surface area (Å²) in [6, 6.07) is 6.30. The standard InChI is InChI=1S/C15H25NO3S/c1-3-4-5-6-7-14(12-17)16-20(18,19)15-10-8-13(2)9-11-15/h8-11,14,16-17H,3-7,12H2,1-2H3. The van der Waals surface area contributed by atoms with Gasteiger partial charge in [0.2, 0.25) is 10.0 Å². The Balaban J connectivity index is 2.60. The fourth-order valence-electron chi connectivity index (χ4n) is 2.01. The van der Waals surface area contributed by atoms with Crippen LogP contribution in [0.4, 0.5) is 0 Å².